The highest BCUT2D eigenvalue weighted by Crippen LogP contribution is 2.34. The van der Waals surface area contributed by atoms with Crippen molar-refractivity contribution in [2.24, 2.45) is 19.8 Å². The van der Waals surface area contributed by atoms with Gasteiger partial charge in [-0.05, 0) is 12.8 Å². The maximum atomic E-state index is 12.4. The molecule has 1 aliphatic carbocycles. The molecule has 0 atom stereocenters. The predicted molar refractivity (Wildman–Crippen MR) is 92.6 cm³/mol. The maximum Gasteiger partial charge on any atom is 0.332 e. The zero-order chi connectivity index (χ0) is 18.5. The number of rotatable bonds is 4. The Morgan fingerprint density at radius 3 is 2.69 bits per heavy atom. The normalized spacial score (nSPS) is 16.6. The number of fused-ring (bicyclic) bond motifs is 1. The van der Waals surface area contributed by atoms with E-state index in [0.29, 0.717) is 35.8 Å². The number of hydrogen-bond donors (Lipinski definition) is 1. The summed E-state index contributed by atoms with van der Waals surface area (Å²) in [5, 5.41) is 4.04. The van der Waals surface area contributed by atoms with Crippen LogP contribution in [0.2, 0.25) is 0 Å². The average molecular weight is 359 g/mol. The van der Waals surface area contributed by atoms with E-state index < -0.39 is 11.2 Å². The molecule has 1 fully saturated rings. The number of nitrogens with two attached hydrogens (primary N) is 1. The van der Waals surface area contributed by atoms with E-state index in [1.54, 1.807) is 17.9 Å². The van der Waals surface area contributed by atoms with Crippen molar-refractivity contribution >= 4 is 11.2 Å². The second kappa shape index (κ2) is 5.90. The quantitative estimate of drug-likeness (QED) is 0.682. The van der Waals surface area contributed by atoms with Crippen molar-refractivity contribution in [1.29, 1.82) is 0 Å². The fourth-order valence-corrected chi connectivity index (χ4v) is 3.57. The SMILES string of the molecule is Cn1c(=O)c2c(ncn2CCc2nc(C3(N)CCCC3)no2)n(C)c1=O. The molecule has 10 nitrogen and oxygen atoms in total. The number of aromatic nitrogens is 6. The molecule has 0 aromatic carbocycles. The van der Waals surface area contributed by atoms with Gasteiger partial charge < -0.3 is 14.8 Å². The Kier molecular flexibility index (Phi) is 3.79. The lowest BCUT2D eigenvalue weighted by atomic mass is 9.99. The molecule has 0 bridgehead atoms. The Morgan fingerprint density at radius 1 is 1.23 bits per heavy atom. The fourth-order valence-electron chi connectivity index (χ4n) is 3.57. The first-order valence-electron chi connectivity index (χ1n) is 8.63. The van der Waals surface area contributed by atoms with Crippen LogP contribution >= 0.6 is 0 Å². The highest BCUT2D eigenvalue weighted by molar-refractivity contribution is 5.69. The molecule has 0 spiro atoms. The summed E-state index contributed by atoms with van der Waals surface area (Å²) >= 11 is 0. The van der Waals surface area contributed by atoms with Crippen LogP contribution in [0.4, 0.5) is 0 Å². The highest BCUT2D eigenvalue weighted by Gasteiger charge is 2.35. The molecular weight excluding hydrogens is 338 g/mol. The molecule has 138 valence electrons. The van der Waals surface area contributed by atoms with Crippen LogP contribution in [0.15, 0.2) is 20.4 Å². The molecule has 0 radical (unpaired) electrons. The molecule has 3 aromatic heterocycles. The van der Waals surface area contributed by atoms with Gasteiger partial charge in [0.25, 0.3) is 5.56 Å². The van der Waals surface area contributed by atoms with Gasteiger partial charge in [0.2, 0.25) is 5.89 Å². The number of hydrogen-bond acceptors (Lipinski definition) is 7. The van der Waals surface area contributed by atoms with Crippen LogP contribution in [0.3, 0.4) is 0 Å². The van der Waals surface area contributed by atoms with Gasteiger partial charge in [0, 0.05) is 27.1 Å². The highest BCUT2D eigenvalue weighted by atomic mass is 16.5. The molecule has 10 heteroatoms. The third kappa shape index (κ3) is 2.48. The minimum atomic E-state index is -0.488. The largest absolute Gasteiger partial charge is 0.339 e. The Bertz CT molecular complexity index is 1080. The molecule has 0 aliphatic heterocycles. The summed E-state index contributed by atoms with van der Waals surface area (Å²) in [4.78, 5) is 33.1. The Balaban J connectivity index is 1.60. The lowest BCUT2D eigenvalue weighted by molar-refractivity contribution is 0.345. The Morgan fingerprint density at radius 2 is 1.96 bits per heavy atom. The second-order valence-corrected chi connectivity index (χ2v) is 6.94. The van der Waals surface area contributed by atoms with E-state index in [9.17, 15) is 9.59 Å². The van der Waals surface area contributed by atoms with Crippen LogP contribution in [-0.2, 0) is 32.6 Å². The summed E-state index contributed by atoms with van der Waals surface area (Å²) in [6.45, 7) is 0.434. The van der Waals surface area contributed by atoms with Crippen molar-refractivity contribution in [2.75, 3.05) is 0 Å². The number of aryl methyl sites for hydroxylation is 3. The molecule has 0 saturated heterocycles. The van der Waals surface area contributed by atoms with Gasteiger partial charge in [-0.1, -0.05) is 18.0 Å². The van der Waals surface area contributed by atoms with Crippen LogP contribution in [0.5, 0.6) is 0 Å². The molecule has 0 unspecified atom stereocenters. The summed E-state index contributed by atoms with van der Waals surface area (Å²) in [5.41, 5.74) is 5.81. The lowest BCUT2D eigenvalue weighted by Gasteiger charge is -2.17. The van der Waals surface area contributed by atoms with Crippen molar-refractivity contribution < 1.29 is 4.52 Å². The van der Waals surface area contributed by atoms with Crippen LogP contribution in [0.25, 0.3) is 11.2 Å². The van der Waals surface area contributed by atoms with E-state index >= 15 is 0 Å². The van der Waals surface area contributed by atoms with Gasteiger partial charge in [0.15, 0.2) is 17.0 Å². The number of nitrogens with zero attached hydrogens (tertiary/aromatic N) is 6. The summed E-state index contributed by atoms with van der Waals surface area (Å²) in [6.07, 6.45) is 5.86. The van der Waals surface area contributed by atoms with E-state index in [-0.39, 0.29) is 5.56 Å². The minimum absolute atomic E-state index is 0.358. The Hall–Kier alpha value is -2.75. The predicted octanol–water partition coefficient (Wildman–Crippen LogP) is -0.213. The molecule has 3 aromatic rings. The summed E-state index contributed by atoms with van der Waals surface area (Å²) in [7, 11) is 3.04. The maximum absolute atomic E-state index is 12.4. The van der Waals surface area contributed by atoms with Crippen molar-refractivity contribution in [3.05, 3.63) is 38.9 Å². The number of imidazole rings is 1. The smallest absolute Gasteiger partial charge is 0.332 e. The topological polar surface area (TPSA) is 127 Å². The van der Waals surface area contributed by atoms with Gasteiger partial charge in [0.05, 0.1) is 11.9 Å². The fraction of sp³-hybridized carbons (Fsp3) is 0.562. The van der Waals surface area contributed by atoms with E-state index in [1.807, 2.05) is 0 Å². The average Bonchev–Trinajstić information content (AvgIpc) is 3.35. The molecule has 0 amide bonds. The zero-order valence-electron chi connectivity index (χ0n) is 14.8. The first-order chi connectivity index (χ1) is 12.4. The van der Waals surface area contributed by atoms with Crippen LogP contribution in [-0.4, -0.2) is 28.8 Å². The second-order valence-electron chi connectivity index (χ2n) is 6.94. The lowest BCUT2D eigenvalue weighted by Crippen LogP contribution is -2.37. The summed E-state index contributed by atoms with van der Waals surface area (Å²) < 4.78 is 9.47. The first kappa shape index (κ1) is 16.7. The van der Waals surface area contributed by atoms with Gasteiger partial charge in [-0.15, -0.1) is 0 Å². The van der Waals surface area contributed by atoms with Crippen LogP contribution in [0.1, 0.15) is 37.4 Å². The monoisotopic (exact) mass is 359 g/mol. The Labute approximate surface area is 148 Å². The molecule has 2 N–H and O–H groups in total. The third-order valence-corrected chi connectivity index (χ3v) is 5.19. The van der Waals surface area contributed by atoms with Crippen molar-refractivity contribution in [1.82, 2.24) is 28.8 Å². The molecule has 26 heavy (non-hydrogen) atoms. The van der Waals surface area contributed by atoms with E-state index in [4.69, 9.17) is 10.3 Å². The molecule has 1 aliphatic rings. The van der Waals surface area contributed by atoms with Crippen molar-refractivity contribution in [3.8, 4) is 0 Å². The first-order valence-corrected chi connectivity index (χ1v) is 8.63. The summed E-state index contributed by atoms with van der Waals surface area (Å²) in [6, 6.07) is 0. The van der Waals surface area contributed by atoms with E-state index in [1.165, 1.54) is 11.6 Å². The minimum Gasteiger partial charge on any atom is -0.339 e. The van der Waals surface area contributed by atoms with Crippen LogP contribution < -0.4 is 17.0 Å². The van der Waals surface area contributed by atoms with E-state index in [0.717, 1.165) is 30.3 Å². The third-order valence-electron chi connectivity index (χ3n) is 5.19. The zero-order valence-corrected chi connectivity index (χ0v) is 14.8. The molecule has 3 heterocycles. The summed E-state index contributed by atoms with van der Waals surface area (Å²) in [5.74, 6) is 1.03. The standard InChI is InChI=1S/C16H21N7O3/c1-21-12-11(13(24)22(2)15(21)25)23(9-18-12)8-5-10-19-14(20-26-10)16(17)6-3-4-7-16/h9H,3-8,17H2,1-2H3. The van der Waals surface area contributed by atoms with Gasteiger partial charge in [-0.2, -0.15) is 4.98 Å². The molecule has 1 saturated carbocycles. The molecule has 4 rings (SSSR count). The van der Waals surface area contributed by atoms with Gasteiger partial charge in [0.1, 0.15) is 0 Å². The van der Waals surface area contributed by atoms with Gasteiger partial charge in [-0.25, -0.2) is 9.78 Å². The molecular formula is C16H21N7O3. The van der Waals surface area contributed by atoms with Crippen molar-refractivity contribution in [3.63, 3.8) is 0 Å². The van der Waals surface area contributed by atoms with Gasteiger partial charge in [-0.3, -0.25) is 13.9 Å². The van der Waals surface area contributed by atoms with Gasteiger partial charge >= 0.3 is 5.69 Å². The van der Waals surface area contributed by atoms with Crippen molar-refractivity contribution in [2.45, 2.75) is 44.2 Å². The van der Waals surface area contributed by atoms with Crippen LogP contribution in [0, 0.1) is 0 Å². The van der Waals surface area contributed by atoms with E-state index in [2.05, 4.69) is 15.1 Å².